The molecule has 0 radical (unpaired) electrons. The summed E-state index contributed by atoms with van der Waals surface area (Å²) in [5, 5.41) is 0. The zero-order valence-corrected chi connectivity index (χ0v) is 5.74. The molecular weight excluding hydrogens is 107 g/mol. The maximum atomic E-state index is 5.01. The third-order valence-electron chi connectivity index (χ3n) is 1.35. The van der Waals surface area contributed by atoms with Crippen molar-refractivity contribution in [1.82, 2.24) is 0 Å². The fourth-order valence-corrected chi connectivity index (χ4v) is 1.33. The molecule has 1 rings (SSSR count). The van der Waals surface area contributed by atoms with E-state index in [1.165, 1.54) is 0 Å². The van der Waals surface area contributed by atoms with Crippen LogP contribution in [0.1, 0.15) is 0 Å². The molecule has 0 aromatic rings. The minimum absolute atomic E-state index is 0.300. The molecule has 0 spiro atoms. The molecule has 7 heavy (non-hydrogen) atoms. The minimum atomic E-state index is 0.300. The highest BCUT2D eigenvalue weighted by atomic mass is 31.1. The van der Waals surface area contributed by atoms with E-state index in [4.69, 9.17) is 4.74 Å². The van der Waals surface area contributed by atoms with Crippen LogP contribution >= 0.6 is 7.92 Å². The molecule has 1 nitrogen and oxygen atoms in total. The van der Waals surface area contributed by atoms with E-state index in [1.54, 1.807) is 0 Å². The number of hydrogen-bond donors (Lipinski definition) is 0. The van der Waals surface area contributed by atoms with Crippen LogP contribution in [0.5, 0.6) is 0 Å². The molecule has 42 valence electrons. The maximum Gasteiger partial charge on any atom is 0.0555 e. The van der Waals surface area contributed by atoms with E-state index in [2.05, 4.69) is 13.3 Å². The Hall–Kier alpha value is 0.390. The molecular formula is C5H11OP. The largest absolute Gasteiger partial charge is 0.380 e. The van der Waals surface area contributed by atoms with Crippen molar-refractivity contribution in [3.63, 3.8) is 0 Å². The smallest absolute Gasteiger partial charge is 0.0555 e. The van der Waals surface area contributed by atoms with Gasteiger partial charge in [-0.3, -0.25) is 0 Å². The number of rotatable bonds is 1. The van der Waals surface area contributed by atoms with Crippen LogP contribution in [0, 0.1) is 0 Å². The van der Waals surface area contributed by atoms with Crippen LogP contribution in [0.25, 0.3) is 0 Å². The molecule has 0 aliphatic carbocycles. The van der Waals surface area contributed by atoms with E-state index in [-0.39, 0.29) is 0 Å². The van der Waals surface area contributed by atoms with Crippen molar-refractivity contribution in [2.75, 3.05) is 26.5 Å². The summed E-state index contributed by atoms with van der Waals surface area (Å²) >= 11 is 0. The minimum Gasteiger partial charge on any atom is -0.380 e. The van der Waals surface area contributed by atoms with Crippen molar-refractivity contribution in [2.45, 2.75) is 5.66 Å². The predicted molar refractivity (Wildman–Crippen MR) is 33.4 cm³/mol. The summed E-state index contributed by atoms with van der Waals surface area (Å²) in [4.78, 5) is 0. The summed E-state index contributed by atoms with van der Waals surface area (Å²) in [6.07, 6.45) is 0. The quantitative estimate of drug-likeness (QED) is 0.469. The van der Waals surface area contributed by atoms with Gasteiger partial charge >= 0.3 is 0 Å². The summed E-state index contributed by atoms with van der Waals surface area (Å²) < 4.78 is 5.01. The van der Waals surface area contributed by atoms with Gasteiger partial charge < -0.3 is 4.74 Å². The van der Waals surface area contributed by atoms with Gasteiger partial charge in [0.15, 0.2) is 0 Å². The molecule has 0 saturated carbocycles. The second kappa shape index (κ2) is 2.11. The Morgan fingerprint density at radius 2 is 2.00 bits per heavy atom. The molecule has 0 N–H and O–H groups in total. The van der Waals surface area contributed by atoms with E-state index >= 15 is 0 Å². The van der Waals surface area contributed by atoms with Crippen LogP contribution in [0.15, 0.2) is 0 Å². The van der Waals surface area contributed by atoms with Crippen LogP contribution < -0.4 is 0 Å². The van der Waals surface area contributed by atoms with Gasteiger partial charge in [0.25, 0.3) is 0 Å². The van der Waals surface area contributed by atoms with Gasteiger partial charge in [-0.05, 0) is 13.3 Å². The highest BCUT2D eigenvalue weighted by Gasteiger charge is 2.20. The normalized spacial score (nSPS) is 22.7. The van der Waals surface area contributed by atoms with Crippen molar-refractivity contribution in [2.24, 2.45) is 0 Å². The molecule has 0 unspecified atom stereocenters. The zero-order chi connectivity index (χ0) is 5.28. The van der Waals surface area contributed by atoms with Crippen LogP contribution in [-0.4, -0.2) is 32.2 Å². The molecule has 1 saturated heterocycles. The predicted octanol–water partition coefficient (Wildman–Crippen LogP) is 1.13. The first-order chi connectivity index (χ1) is 3.30. The first-order valence-electron chi connectivity index (χ1n) is 2.55. The van der Waals surface area contributed by atoms with Crippen LogP contribution in [0.4, 0.5) is 0 Å². The fraction of sp³-hybridized carbons (Fsp3) is 1.00. The van der Waals surface area contributed by atoms with E-state index in [0.29, 0.717) is 7.92 Å². The zero-order valence-electron chi connectivity index (χ0n) is 4.85. The molecule has 0 aromatic heterocycles. The first-order valence-corrected chi connectivity index (χ1v) is 4.85. The van der Waals surface area contributed by atoms with Crippen molar-refractivity contribution in [1.29, 1.82) is 0 Å². The van der Waals surface area contributed by atoms with Gasteiger partial charge in [-0.1, -0.05) is 0 Å². The maximum absolute atomic E-state index is 5.01. The van der Waals surface area contributed by atoms with Gasteiger partial charge in [0.1, 0.15) is 0 Å². The topological polar surface area (TPSA) is 9.23 Å². The third kappa shape index (κ3) is 1.14. The summed E-state index contributed by atoms with van der Waals surface area (Å²) in [6.45, 7) is 6.67. The highest BCUT2D eigenvalue weighted by molar-refractivity contribution is 7.56. The second-order valence-corrected chi connectivity index (χ2v) is 4.81. The van der Waals surface area contributed by atoms with E-state index < -0.39 is 0 Å². The van der Waals surface area contributed by atoms with Gasteiger partial charge in [0.2, 0.25) is 0 Å². The van der Waals surface area contributed by atoms with Gasteiger partial charge in [-0.25, -0.2) is 0 Å². The van der Waals surface area contributed by atoms with E-state index in [0.717, 1.165) is 18.9 Å². The van der Waals surface area contributed by atoms with Gasteiger partial charge in [-0.2, -0.15) is 0 Å². The Kier molecular flexibility index (Phi) is 1.66. The summed E-state index contributed by atoms with van der Waals surface area (Å²) in [5.74, 6) is 0. The van der Waals surface area contributed by atoms with Crippen molar-refractivity contribution in [3.8, 4) is 0 Å². The molecule has 0 amide bonds. The van der Waals surface area contributed by atoms with Gasteiger partial charge in [-0.15, -0.1) is 7.92 Å². The van der Waals surface area contributed by atoms with Crippen molar-refractivity contribution < 1.29 is 4.74 Å². The van der Waals surface area contributed by atoms with Crippen LogP contribution in [-0.2, 0) is 4.74 Å². The molecule has 1 fully saturated rings. The summed E-state index contributed by atoms with van der Waals surface area (Å²) in [6, 6.07) is 0. The average molecular weight is 118 g/mol. The lowest BCUT2D eigenvalue weighted by molar-refractivity contribution is 0.0434. The lowest BCUT2D eigenvalue weighted by atomic mass is 10.4. The van der Waals surface area contributed by atoms with E-state index in [1.807, 2.05) is 0 Å². The monoisotopic (exact) mass is 118 g/mol. The number of hydrogen-bond acceptors (Lipinski definition) is 1. The Morgan fingerprint density at radius 3 is 2.00 bits per heavy atom. The molecule has 0 bridgehead atoms. The molecule has 1 heterocycles. The number of ether oxygens (including phenoxy) is 1. The van der Waals surface area contributed by atoms with Crippen molar-refractivity contribution in [3.05, 3.63) is 0 Å². The highest BCUT2D eigenvalue weighted by Crippen LogP contribution is 2.36. The Morgan fingerprint density at radius 1 is 1.43 bits per heavy atom. The average Bonchev–Trinajstić information content (AvgIpc) is 1.23. The standard InChI is InChI=1S/C5H11OP/c1-7(2)5-3-6-4-5/h5H,3-4H2,1-2H3. The fourth-order valence-electron chi connectivity index (χ4n) is 0.521. The Balaban J connectivity index is 2.14. The van der Waals surface area contributed by atoms with Gasteiger partial charge in [0, 0.05) is 5.66 Å². The molecule has 0 atom stereocenters. The Bertz CT molecular complexity index is 59.1. The Labute approximate surface area is 45.8 Å². The molecule has 1 aliphatic rings. The summed E-state index contributed by atoms with van der Waals surface area (Å²) in [7, 11) is 0.300. The molecule has 1 aliphatic heterocycles. The molecule has 0 aromatic carbocycles. The van der Waals surface area contributed by atoms with Gasteiger partial charge in [0.05, 0.1) is 13.2 Å². The lowest BCUT2D eigenvalue weighted by Gasteiger charge is -2.29. The summed E-state index contributed by atoms with van der Waals surface area (Å²) in [5.41, 5.74) is 0.926. The lowest BCUT2D eigenvalue weighted by Crippen LogP contribution is -2.31. The van der Waals surface area contributed by atoms with Crippen LogP contribution in [0.3, 0.4) is 0 Å². The van der Waals surface area contributed by atoms with E-state index in [9.17, 15) is 0 Å². The third-order valence-corrected chi connectivity index (χ3v) is 3.11. The first kappa shape index (κ1) is 5.53. The SMILES string of the molecule is CP(C)C1COC1. The molecule has 2 heteroatoms. The van der Waals surface area contributed by atoms with Crippen molar-refractivity contribution >= 4 is 7.92 Å². The van der Waals surface area contributed by atoms with Crippen LogP contribution in [0.2, 0.25) is 0 Å². The second-order valence-electron chi connectivity index (χ2n) is 2.15.